The van der Waals surface area contributed by atoms with Gasteiger partial charge in [0.1, 0.15) is 11.7 Å². The predicted molar refractivity (Wildman–Crippen MR) is 75.6 cm³/mol. The van der Waals surface area contributed by atoms with Crippen LogP contribution >= 0.6 is 0 Å². The van der Waals surface area contributed by atoms with Crippen molar-refractivity contribution >= 4 is 5.91 Å². The molecule has 1 saturated carbocycles. The van der Waals surface area contributed by atoms with E-state index in [1.54, 1.807) is 0 Å². The monoisotopic (exact) mass is 275 g/mol. The van der Waals surface area contributed by atoms with Crippen molar-refractivity contribution < 1.29 is 9.53 Å². The van der Waals surface area contributed by atoms with Crippen LogP contribution in [0, 0.1) is 5.92 Å². The molecule has 5 heteroatoms. The Morgan fingerprint density at radius 1 is 1.35 bits per heavy atom. The highest BCUT2D eigenvalue weighted by Gasteiger charge is 2.30. The lowest BCUT2D eigenvalue weighted by Gasteiger charge is -2.21. The standard InChI is InChI=1S/C15H21N3O2/c16-8-10-4-2-6-13(10)20-15-11(14(17)19)7-9-3-1-5-12(9)18-15/h7,10,13H,1-6,8,16H2,(H2,17,19). The maximum Gasteiger partial charge on any atom is 0.254 e. The minimum Gasteiger partial charge on any atom is -0.473 e. The molecular weight excluding hydrogens is 254 g/mol. The number of primary amides is 1. The van der Waals surface area contributed by atoms with Gasteiger partial charge in [0.15, 0.2) is 0 Å². The van der Waals surface area contributed by atoms with Crippen LogP contribution in [0.2, 0.25) is 0 Å². The molecule has 0 radical (unpaired) electrons. The van der Waals surface area contributed by atoms with Gasteiger partial charge in [0.25, 0.3) is 5.91 Å². The molecule has 5 nitrogen and oxygen atoms in total. The molecule has 0 spiro atoms. The third-order valence-corrected chi connectivity index (χ3v) is 4.44. The second-order valence-electron chi connectivity index (χ2n) is 5.75. The second kappa shape index (κ2) is 5.40. The molecule has 1 aromatic rings. The number of carbonyl (C=O) groups excluding carboxylic acids is 1. The van der Waals surface area contributed by atoms with Crippen LogP contribution in [-0.4, -0.2) is 23.5 Å². The normalized spacial score (nSPS) is 24.6. The second-order valence-corrected chi connectivity index (χ2v) is 5.75. The lowest BCUT2D eigenvalue weighted by atomic mass is 10.1. The highest BCUT2D eigenvalue weighted by molar-refractivity contribution is 5.95. The van der Waals surface area contributed by atoms with Gasteiger partial charge in [-0.3, -0.25) is 4.79 Å². The quantitative estimate of drug-likeness (QED) is 0.863. The van der Waals surface area contributed by atoms with Gasteiger partial charge in [0.05, 0.1) is 0 Å². The Labute approximate surface area is 118 Å². The molecule has 1 fully saturated rings. The van der Waals surface area contributed by atoms with Crippen LogP contribution in [0.15, 0.2) is 6.07 Å². The van der Waals surface area contributed by atoms with E-state index >= 15 is 0 Å². The zero-order valence-electron chi connectivity index (χ0n) is 11.6. The maximum atomic E-state index is 11.6. The fourth-order valence-electron chi connectivity index (χ4n) is 3.29. The van der Waals surface area contributed by atoms with Gasteiger partial charge in [-0.15, -0.1) is 0 Å². The summed E-state index contributed by atoms with van der Waals surface area (Å²) in [6, 6.07) is 1.86. The summed E-state index contributed by atoms with van der Waals surface area (Å²) in [6.45, 7) is 0.613. The highest BCUT2D eigenvalue weighted by Crippen LogP contribution is 2.32. The first-order valence-electron chi connectivity index (χ1n) is 7.38. The number of pyridine rings is 1. The summed E-state index contributed by atoms with van der Waals surface area (Å²) >= 11 is 0. The van der Waals surface area contributed by atoms with Gasteiger partial charge in [-0.2, -0.15) is 0 Å². The summed E-state index contributed by atoms with van der Waals surface area (Å²) in [5, 5.41) is 0. The van der Waals surface area contributed by atoms with Gasteiger partial charge in [-0.05, 0) is 56.7 Å². The van der Waals surface area contributed by atoms with Gasteiger partial charge in [-0.1, -0.05) is 0 Å². The molecule has 1 amide bonds. The van der Waals surface area contributed by atoms with E-state index < -0.39 is 5.91 Å². The van der Waals surface area contributed by atoms with Crippen LogP contribution in [0.1, 0.15) is 47.3 Å². The molecule has 0 aliphatic heterocycles. The van der Waals surface area contributed by atoms with Crippen molar-refractivity contribution in [1.29, 1.82) is 0 Å². The number of amides is 1. The van der Waals surface area contributed by atoms with Crippen molar-refractivity contribution in [1.82, 2.24) is 4.98 Å². The number of hydrogen-bond donors (Lipinski definition) is 2. The van der Waals surface area contributed by atoms with Crippen LogP contribution in [0.25, 0.3) is 0 Å². The molecule has 1 aromatic heterocycles. The number of nitrogens with zero attached hydrogens (tertiary/aromatic N) is 1. The summed E-state index contributed by atoms with van der Waals surface area (Å²) < 4.78 is 6.00. The largest absolute Gasteiger partial charge is 0.473 e. The topological polar surface area (TPSA) is 91.2 Å². The van der Waals surface area contributed by atoms with Crippen LogP contribution in [-0.2, 0) is 12.8 Å². The van der Waals surface area contributed by atoms with Crippen LogP contribution in [0.5, 0.6) is 5.88 Å². The van der Waals surface area contributed by atoms with E-state index in [9.17, 15) is 4.79 Å². The van der Waals surface area contributed by atoms with Gasteiger partial charge in [0, 0.05) is 11.6 Å². The van der Waals surface area contributed by atoms with Crippen molar-refractivity contribution in [3.8, 4) is 5.88 Å². The number of rotatable bonds is 4. The molecule has 108 valence electrons. The average molecular weight is 275 g/mol. The Balaban J connectivity index is 1.90. The molecule has 3 rings (SSSR count). The summed E-state index contributed by atoms with van der Waals surface area (Å²) in [4.78, 5) is 16.2. The lowest BCUT2D eigenvalue weighted by Crippen LogP contribution is -2.29. The fourth-order valence-corrected chi connectivity index (χ4v) is 3.29. The van der Waals surface area contributed by atoms with E-state index in [-0.39, 0.29) is 6.10 Å². The summed E-state index contributed by atoms with van der Waals surface area (Å²) in [6.07, 6.45) is 6.23. The fraction of sp³-hybridized carbons (Fsp3) is 0.600. The van der Waals surface area contributed by atoms with E-state index in [1.807, 2.05) is 6.07 Å². The Morgan fingerprint density at radius 3 is 2.95 bits per heavy atom. The van der Waals surface area contributed by atoms with Gasteiger partial charge < -0.3 is 16.2 Å². The number of aryl methyl sites for hydroxylation is 2. The van der Waals surface area contributed by atoms with Gasteiger partial charge >= 0.3 is 0 Å². The third-order valence-electron chi connectivity index (χ3n) is 4.44. The molecule has 20 heavy (non-hydrogen) atoms. The number of hydrogen-bond acceptors (Lipinski definition) is 4. The molecule has 0 aromatic carbocycles. The molecule has 2 aliphatic rings. The molecule has 0 saturated heterocycles. The number of aromatic nitrogens is 1. The zero-order valence-corrected chi connectivity index (χ0v) is 11.6. The lowest BCUT2D eigenvalue weighted by molar-refractivity contribution is 0.0986. The molecule has 1 heterocycles. The van der Waals surface area contributed by atoms with Crippen molar-refractivity contribution in [2.45, 2.75) is 44.6 Å². The number of ether oxygens (including phenoxy) is 1. The van der Waals surface area contributed by atoms with E-state index in [0.29, 0.717) is 23.9 Å². The molecule has 4 N–H and O–H groups in total. The van der Waals surface area contributed by atoms with Crippen molar-refractivity contribution in [2.24, 2.45) is 17.4 Å². The van der Waals surface area contributed by atoms with Crippen molar-refractivity contribution in [3.63, 3.8) is 0 Å². The minimum atomic E-state index is -0.468. The number of nitrogens with two attached hydrogens (primary N) is 2. The first kappa shape index (κ1) is 13.4. The highest BCUT2D eigenvalue weighted by atomic mass is 16.5. The predicted octanol–water partition coefficient (Wildman–Crippen LogP) is 1.18. The van der Waals surface area contributed by atoms with Gasteiger partial charge in [0.2, 0.25) is 5.88 Å². The van der Waals surface area contributed by atoms with Gasteiger partial charge in [-0.25, -0.2) is 4.98 Å². The Kier molecular flexibility index (Phi) is 3.61. The van der Waals surface area contributed by atoms with E-state index in [2.05, 4.69) is 4.98 Å². The third kappa shape index (κ3) is 2.38. The zero-order chi connectivity index (χ0) is 14.1. The Bertz CT molecular complexity index is 530. The number of carbonyl (C=O) groups is 1. The minimum absolute atomic E-state index is 0.0602. The molecule has 2 unspecified atom stereocenters. The first-order valence-corrected chi connectivity index (χ1v) is 7.38. The molecule has 2 aliphatic carbocycles. The van der Waals surface area contributed by atoms with Crippen molar-refractivity contribution in [3.05, 3.63) is 22.9 Å². The summed E-state index contributed by atoms with van der Waals surface area (Å²) in [5.41, 5.74) is 13.8. The van der Waals surface area contributed by atoms with E-state index in [0.717, 1.165) is 49.8 Å². The van der Waals surface area contributed by atoms with E-state index in [1.165, 1.54) is 0 Å². The smallest absolute Gasteiger partial charge is 0.254 e. The van der Waals surface area contributed by atoms with Crippen molar-refractivity contribution in [2.75, 3.05) is 6.54 Å². The molecule has 0 bridgehead atoms. The van der Waals surface area contributed by atoms with Crippen LogP contribution < -0.4 is 16.2 Å². The van der Waals surface area contributed by atoms with E-state index in [4.69, 9.17) is 16.2 Å². The summed E-state index contributed by atoms with van der Waals surface area (Å²) in [7, 11) is 0. The molecule has 2 atom stereocenters. The Hall–Kier alpha value is -1.62. The SMILES string of the molecule is NCC1CCCC1Oc1nc2c(cc1C(N)=O)CCC2. The Morgan fingerprint density at radius 2 is 2.20 bits per heavy atom. The summed E-state index contributed by atoms with van der Waals surface area (Å²) in [5.74, 6) is 0.291. The van der Waals surface area contributed by atoms with Crippen LogP contribution in [0.3, 0.4) is 0 Å². The first-order chi connectivity index (χ1) is 9.69. The molecular formula is C15H21N3O2. The number of fused-ring (bicyclic) bond motifs is 1. The average Bonchev–Trinajstić information content (AvgIpc) is 3.05. The van der Waals surface area contributed by atoms with Crippen LogP contribution in [0.4, 0.5) is 0 Å². The maximum absolute atomic E-state index is 11.6.